The van der Waals surface area contributed by atoms with Gasteiger partial charge in [0.2, 0.25) is 0 Å². The summed E-state index contributed by atoms with van der Waals surface area (Å²) in [6, 6.07) is 0.536. The Hall–Kier alpha value is -1.00. The summed E-state index contributed by atoms with van der Waals surface area (Å²) in [5.41, 5.74) is 1.38. The molecule has 94 valence electrons. The minimum atomic E-state index is -0.115. The fraction of sp³-hybridized carbons (Fsp3) is 0.692. The standard InChI is InChI=1S/C13H21N3O/c1-10-2-3-13(14-7-10)16-5-4-15-9-12(17)6-11(15)8-16/h2-3,11-12,14,17H,4-9H2,1H3. The topological polar surface area (TPSA) is 38.7 Å². The van der Waals surface area contributed by atoms with Crippen LogP contribution < -0.4 is 5.32 Å². The number of nitrogens with one attached hydrogen (secondary N) is 1. The van der Waals surface area contributed by atoms with Gasteiger partial charge >= 0.3 is 0 Å². The number of rotatable bonds is 1. The molecule has 2 saturated heterocycles. The van der Waals surface area contributed by atoms with Gasteiger partial charge in [0.05, 0.1) is 6.10 Å². The van der Waals surface area contributed by atoms with Crippen LogP contribution in [0.25, 0.3) is 0 Å². The largest absolute Gasteiger partial charge is 0.392 e. The molecule has 3 aliphatic heterocycles. The van der Waals surface area contributed by atoms with Crippen molar-refractivity contribution in [3.63, 3.8) is 0 Å². The van der Waals surface area contributed by atoms with Gasteiger partial charge < -0.3 is 15.3 Å². The smallest absolute Gasteiger partial charge is 0.102 e. The lowest BCUT2D eigenvalue weighted by atomic mass is 10.1. The lowest BCUT2D eigenvalue weighted by molar-refractivity contribution is 0.119. The fourth-order valence-electron chi connectivity index (χ4n) is 3.02. The zero-order valence-corrected chi connectivity index (χ0v) is 10.4. The van der Waals surface area contributed by atoms with Crippen LogP contribution in [0.1, 0.15) is 13.3 Å². The van der Waals surface area contributed by atoms with Crippen molar-refractivity contribution in [1.29, 1.82) is 0 Å². The number of hydrogen-bond donors (Lipinski definition) is 2. The third kappa shape index (κ3) is 2.19. The second-order valence-corrected chi connectivity index (χ2v) is 5.40. The number of aliphatic hydroxyl groups is 1. The van der Waals surface area contributed by atoms with Crippen LogP contribution in [0.15, 0.2) is 23.5 Å². The summed E-state index contributed by atoms with van der Waals surface area (Å²) in [4.78, 5) is 4.84. The second kappa shape index (κ2) is 4.35. The number of allylic oxidation sites excluding steroid dienone is 2. The van der Waals surface area contributed by atoms with Crippen molar-refractivity contribution in [2.75, 3.05) is 32.7 Å². The molecule has 0 aromatic heterocycles. The van der Waals surface area contributed by atoms with Gasteiger partial charge in [-0.3, -0.25) is 4.90 Å². The van der Waals surface area contributed by atoms with Crippen LogP contribution in [0.4, 0.5) is 0 Å². The van der Waals surface area contributed by atoms with E-state index in [1.54, 1.807) is 0 Å². The first-order valence-electron chi connectivity index (χ1n) is 6.51. The van der Waals surface area contributed by atoms with Gasteiger partial charge in [-0.15, -0.1) is 0 Å². The Balaban J connectivity index is 1.67. The summed E-state index contributed by atoms with van der Waals surface area (Å²) in [5, 5.41) is 13.2. The van der Waals surface area contributed by atoms with Crippen LogP contribution in [-0.4, -0.2) is 59.8 Å². The van der Waals surface area contributed by atoms with E-state index in [-0.39, 0.29) is 6.10 Å². The molecule has 4 heteroatoms. The van der Waals surface area contributed by atoms with Crippen molar-refractivity contribution >= 4 is 0 Å². The van der Waals surface area contributed by atoms with Crippen molar-refractivity contribution in [1.82, 2.24) is 15.1 Å². The Morgan fingerprint density at radius 3 is 2.94 bits per heavy atom. The van der Waals surface area contributed by atoms with Gasteiger partial charge in [0.25, 0.3) is 0 Å². The summed E-state index contributed by atoms with van der Waals surface area (Å²) in [5.74, 6) is 1.25. The maximum absolute atomic E-state index is 9.69. The summed E-state index contributed by atoms with van der Waals surface area (Å²) in [6.07, 6.45) is 5.19. The third-order valence-electron chi connectivity index (χ3n) is 4.01. The number of piperazine rings is 1. The van der Waals surface area contributed by atoms with Gasteiger partial charge in [-0.2, -0.15) is 0 Å². The molecular weight excluding hydrogens is 214 g/mol. The molecule has 2 atom stereocenters. The van der Waals surface area contributed by atoms with Crippen molar-refractivity contribution in [2.45, 2.75) is 25.5 Å². The molecule has 4 nitrogen and oxygen atoms in total. The minimum absolute atomic E-state index is 0.115. The van der Waals surface area contributed by atoms with Gasteiger partial charge in [-0.25, -0.2) is 0 Å². The zero-order chi connectivity index (χ0) is 11.8. The summed E-state index contributed by atoms with van der Waals surface area (Å²) in [6.45, 7) is 7.15. The maximum Gasteiger partial charge on any atom is 0.102 e. The van der Waals surface area contributed by atoms with Crippen LogP contribution in [0.2, 0.25) is 0 Å². The quantitative estimate of drug-likeness (QED) is 0.677. The normalized spacial score (nSPS) is 33.9. The molecule has 2 fully saturated rings. The Morgan fingerprint density at radius 2 is 2.18 bits per heavy atom. The van der Waals surface area contributed by atoms with Crippen molar-refractivity contribution in [2.24, 2.45) is 0 Å². The van der Waals surface area contributed by atoms with Gasteiger partial charge in [0.1, 0.15) is 5.82 Å². The highest BCUT2D eigenvalue weighted by atomic mass is 16.3. The van der Waals surface area contributed by atoms with Crippen LogP contribution in [-0.2, 0) is 0 Å². The van der Waals surface area contributed by atoms with E-state index in [1.807, 2.05) is 0 Å². The van der Waals surface area contributed by atoms with E-state index in [0.29, 0.717) is 6.04 Å². The minimum Gasteiger partial charge on any atom is -0.392 e. The van der Waals surface area contributed by atoms with Gasteiger partial charge in [-0.1, -0.05) is 11.6 Å². The van der Waals surface area contributed by atoms with Gasteiger partial charge in [0.15, 0.2) is 0 Å². The number of nitrogens with zero attached hydrogens (tertiary/aromatic N) is 2. The molecular formula is C13H21N3O. The molecule has 0 aliphatic carbocycles. The second-order valence-electron chi connectivity index (χ2n) is 5.40. The van der Waals surface area contributed by atoms with Crippen molar-refractivity contribution < 1.29 is 5.11 Å². The van der Waals surface area contributed by atoms with E-state index in [2.05, 4.69) is 34.2 Å². The van der Waals surface area contributed by atoms with E-state index in [0.717, 1.165) is 39.1 Å². The van der Waals surface area contributed by atoms with Gasteiger partial charge in [-0.05, 0) is 19.4 Å². The average Bonchev–Trinajstić information content (AvgIpc) is 2.69. The Labute approximate surface area is 103 Å². The first-order valence-corrected chi connectivity index (χ1v) is 6.51. The van der Waals surface area contributed by atoms with Crippen LogP contribution >= 0.6 is 0 Å². The lowest BCUT2D eigenvalue weighted by Crippen LogP contribution is -2.51. The molecule has 0 aromatic carbocycles. The van der Waals surface area contributed by atoms with Crippen molar-refractivity contribution in [3.8, 4) is 0 Å². The summed E-state index contributed by atoms with van der Waals surface area (Å²) >= 11 is 0. The SMILES string of the molecule is CC1=CC=C(N2CCN3CC(O)CC3C2)NC1. The molecule has 2 unspecified atom stereocenters. The Kier molecular flexibility index (Phi) is 2.84. The molecule has 17 heavy (non-hydrogen) atoms. The predicted molar refractivity (Wildman–Crippen MR) is 67.4 cm³/mol. The first-order chi connectivity index (χ1) is 8.22. The molecule has 0 radical (unpaired) electrons. The summed E-state index contributed by atoms with van der Waals surface area (Å²) < 4.78 is 0. The highest BCUT2D eigenvalue weighted by molar-refractivity contribution is 5.22. The Bertz CT molecular complexity index is 364. The molecule has 3 rings (SSSR count). The highest BCUT2D eigenvalue weighted by Gasteiger charge is 2.35. The summed E-state index contributed by atoms with van der Waals surface area (Å²) in [7, 11) is 0. The predicted octanol–water partition coefficient (Wildman–Crippen LogP) is 0.128. The van der Waals surface area contributed by atoms with Crippen molar-refractivity contribution in [3.05, 3.63) is 23.5 Å². The Morgan fingerprint density at radius 1 is 1.29 bits per heavy atom. The number of dihydropyridines is 1. The van der Waals surface area contributed by atoms with Gasteiger partial charge in [0, 0.05) is 38.8 Å². The molecule has 3 heterocycles. The molecule has 0 saturated carbocycles. The third-order valence-corrected chi connectivity index (χ3v) is 4.01. The molecule has 0 bridgehead atoms. The number of hydrogen-bond acceptors (Lipinski definition) is 4. The zero-order valence-electron chi connectivity index (χ0n) is 10.4. The average molecular weight is 235 g/mol. The van der Waals surface area contributed by atoms with Crippen LogP contribution in [0.3, 0.4) is 0 Å². The fourth-order valence-corrected chi connectivity index (χ4v) is 3.02. The van der Waals surface area contributed by atoms with E-state index in [1.165, 1.54) is 11.4 Å². The number of fused-ring (bicyclic) bond motifs is 1. The lowest BCUT2D eigenvalue weighted by Gasteiger charge is -2.40. The molecule has 0 spiro atoms. The molecule has 0 aromatic rings. The molecule has 0 amide bonds. The van der Waals surface area contributed by atoms with E-state index < -0.39 is 0 Å². The molecule has 2 N–H and O–H groups in total. The first kappa shape index (κ1) is 11.1. The van der Waals surface area contributed by atoms with Crippen LogP contribution in [0.5, 0.6) is 0 Å². The van der Waals surface area contributed by atoms with E-state index >= 15 is 0 Å². The van der Waals surface area contributed by atoms with E-state index in [4.69, 9.17) is 0 Å². The van der Waals surface area contributed by atoms with Crippen LogP contribution in [0, 0.1) is 0 Å². The monoisotopic (exact) mass is 235 g/mol. The maximum atomic E-state index is 9.69. The highest BCUT2D eigenvalue weighted by Crippen LogP contribution is 2.24. The van der Waals surface area contributed by atoms with E-state index in [9.17, 15) is 5.11 Å². The molecule has 3 aliphatic rings. The number of aliphatic hydroxyl groups excluding tert-OH is 1.